The summed E-state index contributed by atoms with van der Waals surface area (Å²) >= 11 is 1.71. The largest absolute Gasteiger partial charge is 0.472 e. The van der Waals surface area contributed by atoms with Crippen molar-refractivity contribution in [3.63, 3.8) is 0 Å². The molecule has 0 radical (unpaired) electrons. The summed E-state index contributed by atoms with van der Waals surface area (Å²) in [6.45, 7) is 4.34. The van der Waals surface area contributed by atoms with Gasteiger partial charge in [0.1, 0.15) is 6.10 Å². The van der Waals surface area contributed by atoms with Crippen LogP contribution in [0.2, 0.25) is 0 Å². The molecule has 7 heteroatoms. The number of ether oxygens (including phenoxy) is 1. The van der Waals surface area contributed by atoms with E-state index in [2.05, 4.69) is 50.3 Å². The Kier molecular flexibility index (Phi) is 4.32. The molecule has 140 valence electrons. The van der Waals surface area contributed by atoms with Crippen LogP contribution in [0.5, 0.6) is 5.88 Å². The highest BCUT2D eigenvalue weighted by Gasteiger charge is 2.33. The Morgan fingerprint density at radius 3 is 2.85 bits per heavy atom. The van der Waals surface area contributed by atoms with Crippen molar-refractivity contribution in [3.05, 3.63) is 36.7 Å². The maximum absolute atomic E-state index is 6.18. The Morgan fingerprint density at radius 2 is 2.04 bits per heavy atom. The summed E-state index contributed by atoms with van der Waals surface area (Å²) in [5.74, 6) is 2.27. The maximum Gasteiger partial charge on any atom is 0.257 e. The third-order valence-electron chi connectivity index (χ3n) is 5.36. The molecule has 0 unspecified atom stereocenters. The summed E-state index contributed by atoms with van der Waals surface area (Å²) in [4.78, 5) is 15.9. The zero-order valence-electron chi connectivity index (χ0n) is 15.3. The third kappa shape index (κ3) is 3.43. The van der Waals surface area contributed by atoms with Crippen molar-refractivity contribution in [2.75, 3.05) is 23.3 Å². The first-order valence-corrected chi connectivity index (χ1v) is 10.4. The molecule has 2 aliphatic rings. The van der Waals surface area contributed by atoms with Crippen molar-refractivity contribution in [1.29, 1.82) is 0 Å². The lowest BCUT2D eigenvalue weighted by molar-refractivity contribution is 0.103. The topological polar surface area (TPSA) is 63.2 Å². The SMILES string of the molecule is C[C@H]1CCN(c2nccnc2O[C@H]2C[C@@H](Nc3nc4ccccc4s3)C2)C1. The fourth-order valence-electron chi connectivity index (χ4n) is 3.79. The minimum Gasteiger partial charge on any atom is -0.472 e. The van der Waals surface area contributed by atoms with Crippen LogP contribution in [0.15, 0.2) is 36.7 Å². The molecule has 2 aromatic heterocycles. The van der Waals surface area contributed by atoms with Gasteiger partial charge in [-0.1, -0.05) is 30.4 Å². The van der Waals surface area contributed by atoms with Crippen LogP contribution < -0.4 is 15.0 Å². The van der Waals surface area contributed by atoms with E-state index < -0.39 is 0 Å². The molecule has 2 fully saturated rings. The number of anilines is 2. The van der Waals surface area contributed by atoms with E-state index in [1.807, 2.05) is 6.07 Å². The Bertz CT molecular complexity index is 906. The first-order valence-electron chi connectivity index (χ1n) is 9.59. The lowest BCUT2D eigenvalue weighted by Crippen LogP contribution is -2.43. The third-order valence-corrected chi connectivity index (χ3v) is 6.33. The van der Waals surface area contributed by atoms with Gasteiger partial charge in [-0.15, -0.1) is 0 Å². The zero-order chi connectivity index (χ0) is 18.2. The fourth-order valence-corrected chi connectivity index (χ4v) is 4.73. The molecule has 1 N–H and O–H groups in total. The predicted molar refractivity (Wildman–Crippen MR) is 109 cm³/mol. The van der Waals surface area contributed by atoms with Crippen LogP contribution in [-0.4, -0.2) is 40.2 Å². The second-order valence-electron chi connectivity index (χ2n) is 7.56. The maximum atomic E-state index is 6.18. The number of nitrogens with one attached hydrogen (secondary N) is 1. The van der Waals surface area contributed by atoms with Gasteiger partial charge in [0.25, 0.3) is 5.88 Å². The zero-order valence-corrected chi connectivity index (χ0v) is 16.2. The van der Waals surface area contributed by atoms with Gasteiger partial charge in [0.2, 0.25) is 0 Å². The predicted octanol–water partition coefficient (Wildman–Crippen LogP) is 3.95. The van der Waals surface area contributed by atoms with Crippen LogP contribution in [-0.2, 0) is 0 Å². The molecule has 6 nitrogen and oxygen atoms in total. The minimum atomic E-state index is 0.187. The Labute approximate surface area is 162 Å². The monoisotopic (exact) mass is 381 g/mol. The van der Waals surface area contributed by atoms with Gasteiger partial charge in [0.15, 0.2) is 10.9 Å². The number of thiazole rings is 1. The average molecular weight is 382 g/mol. The van der Waals surface area contributed by atoms with Crippen LogP contribution in [0.4, 0.5) is 10.9 Å². The smallest absolute Gasteiger partial charge is 0.257 e. The average Bonchev–Trinajstić information content (AvgIpc) is 3.26. The summed E-state index contributed by atoms with van der Waals surface area (Å²) in [5, 5.41) is 4.53. The molecule has 1 aliphatic heterocycles. The van der Waals surface area contributed by atoms with E-state index in [4.69, 9.17) is 4.74 Å². The van der Waals surface area contributed by atoms with E-state index >= 15 is 0 Å². The summed E-state index contributed by atoms with van der Waals surface area (Å²) in [6.07, 6.45) is 6.78. The molecule has 5 rings (SSSR count). The second kappa shape index (κ2) is 6.96. The lowest BCUT2D eigenvalue weighted by Gasteiger charge is -2.35. The van der Waals surface area contributed by atoms with Crippen LogP contribution in [0, 0.1) is 5.92 Å². The van der Waals surface area contributed by atoms with Gasteiger partial charge >= 0.3 is 0 Å². The highest BCUT2D eigenvalue weighted by atomic mass is 32.1. The molecular formula is C20H23N5OS. The number of rotatable bonds is 5. The van der Waals surface area contributed by atoms with Crippen molar-refractivity contribution in [2.24, 2.45) is 5.92 Å². The first kappa shape index (κ1) is 16.7. The molecule has 1 aromatic carbocycles. The molecule has 3 aromatic rings. The minimum absolute atomic E-state index is 0.187. The van der Waals surface area contributed by atoms with Crippen molar-refractivity contribution in [2.45, 2.75) is 38.3 Å². The molecule has 1 saturated heterocycles. The molecular weight excluding hydrogens is 358 g/mol. The quantitative estimate of drug-likeness (QED) is 0.722. The standard InChI is InChI=1S/C20H23N5OS/c1-13-6-9-25(12-13)18-19(22-8-7-21-18)26-15-10-14(11-15)23-20-24-16-4-2-3-5-17(16)27-20/h2-5,7-8,13-15H,6,9-12H2,1H3,(H,23,24)/t13-,14-,15+/m0/s1. The van der Waals surface area contributed by atoms with E-state index in [0.29, 0.717) is 17.8 Å². The molecule has 1 aliphatic carbocycles. The molecule has 3 heterocycles. The Hall–Kier alpha value is -2.41. The number of aromatic nitrogens is 3. The van der Waals surface area contributed by atoms with Gasteiger partial charge in [-0.2, -0.15) is 0 Å². The van der Waals surface area contributed by atoms with Crippen molar-refractivity contribution in [3.8, 4) is 5.88 Å². The van der Waals surface area contributed by atoms with E-state index in [9.17, 15) is 0 Å². The van der Waals surface area contributed by atoms with E-state index in [1.54, 1.807) is 23.7 Å². The van der Waals surface area contributed by atoms with Crippen molar-refractivity contribution in [1.82, 2.24) is 15.0 Å². The van der Waals surface area contributed by atoms with Crippen molar-refractivity contribution < 1.29 is 4.74 Å². The van der Waals surface area contributed by atoms with Gasteiger partial charge in [-0.25, -0.2) is 15.0 Å². The molecule has 1 saturated carbocycles. The van der Waals surface area contributed by atoms with Gasteiger partial charge in [0.05, 0.1) is 10.2 Å². The highest BCUT2D eigenvalue weighted by Crippen LogP contribution is 2.34. The van der Waals surface area contributed by atoms with Crippen molar-refractivity contribution >= 4 is 32.5 Å². The molecule has 0 amide bonds. The van der Waals surface area contributed by atoms with Crippen LogP contribution in [0.1, 0.15) is 26.2 Å². The first-order chi connectivity index (χ1) is 13.2. The van der Waals surface area contributed by atoms with E-state index in [1.165, 1.54) is 11.1 Å². The summed E-state index contributed by atoms with van der Waals surface area (Å²) in [6, 6.07) is 8.65. The molecule has 1 atom stereocenters. The van der Waals surface area contributed by atoms with E-state index in [0.717, 1.165) is 42.4 Å². The summed E-state index contributed by atoms with van der Waals surface area (Å²) in [7, 11) is 0. The van der Waals surface area contributed by atoms with Crippen LogP contribution in [0.3, 0.4) is 0 Å². The number of fused-ring (bicyclic) bond motifs is 1. The van der Waals surface area contributed by atoms with Crippen LogP contribution >= 0.6 is 11.3 Å². The Balaban J connectivity index is 1.19. The number of benzene rings is 1. The summed E-state index contributed by atoms with van der Waals surface area (Å²) < 4.78 is 7.40. The number of hydrogen-bond acceptors (Lipinski definition) is 7. The normalized spacial score (nSPS) is 24.8. The lowest BCUT2D eigenvalue weighted by atomic mass is 9.89. The Morgan fingerprint density at radius 1 is 1.19 bits per heavy atom. The highest BCUT2D eigenvalue weighted by molar-refractivity contribution is 7.22. The van der Waals surface area contributed by atoms with Gasteiger partial charge < -0.3 is 15.0 Å². The number of nitrogens with zero attached hydrogens (tertiary/aromatic N) is 4. The van der Waals surface area contributed by atoms with Gasteiger partial charge in [0, 0.05) is 44.4 Å². The fraction of sp³-hybridized carbons (Fsp3) is 0.450. The van der Waals surface area contributed by atoms with Gasteiger partial charge in [-0.05, 0) is 24.5 Å². The molecule has 27 heavy (non-hydrogen) atoms. The number of hydrogen-bond donors (Lipinski definition) is 1. The molecule has 0 bridgehead atoms. The molecule has 0 spiro atoms. The second-order valence-corrected chi connectivity index (χ2v) is 8.59. The summed E-state index contributed by atoms with van der Waals surface area (Å²) in [5.41, 5.74) is 1.06. The van der Waals surface area contributed by atoms with E-state index in [-0.39, 0.29) is 6.10 Å². The van der Waals surface area contributed by atoms with Gasteiger partial charge in [-0.3, -0.25) is 0 Å². The number of para-hydroxylation sites is 1. The van der Waals surface area contributed by atoms with Crippen LogP contribution in [0.25, 0.3) is 10.2 Å².